The molecule has 2 aliphatic carbocycles. The molecule has 0 N–H and O–H groups in total. The molecule has 0 unspecified atom stereocenters. The highest BCUT2D eigenvalue weighted by Crippen LogP contribution is 2.42. The molecule has 0 aliphatic heterocycles. The van der Waals surface area contributed by atoms with E-state index in [0.717, 1.165) is 0 Å². The van der Waals surface area contributed by atoms with Crippen LogP contribution in [-0.2, 0) is 4.79 Å². The molecular formula is C9H14O. The van der Waals surface area contributed by atoms with Gasteiger partial charge in [0.05, 0.1) is 0 Å². The summed E-state index contributed by atoms with van der Waals surface area (Å²) in [5, 5.41) is 0. The maximum atomic E-state index is 11.4. The molecule has 0 spiro atoms. The highest BCUT2D eigenvalue weighted by Gasteiger charge is 2.41. The fraction of sp³-hybridized carbons (Fsp3) is 0.889. The minimum Gasteiger partial charge on any atom is -0.299 e. The Morgan fingerprint density at radius 1 is 1.40 bits per heavy atom. The van der Waals surface area contributed by atoms with Gasteiger partial charge in [0.1, 0.15) is 5.78 Å². The van der Waals surface area contributed by atoms with Crippen LogP contribution in [0.5, 0.6) is 0 Å². The number of fused-ring (bicyclic) bond motifs is 2. The molecule has 2 aliphatic rings. The minimum absolute atomic E-state index is 0.457. The normalized spacial score (nSPS) is 46.1. The van der Waals surface area contributed by atoms with Gasteiger partial charge in [0.2, 0.25) is 0 Å². The SMILES string of the molecule is C[C@H]1C[C@H]2CCC[C@@H]1C2=O. The maximum Gasteiger partial charge on any atom is 0.139 e. The molecule has 0 aromatic heterocycles. The first kappa shape index (κ1) is 6.38. The lowest BCUT2D eigenvalue weighted by Crippen LogP contribution is -2.20. The van der Waals surface area contributed by atoms with Gasteiger partial charge in [0, 0.05) is 11.8 Å². The van der Waals surface area contributed by atoms with Crippen molar-refractivity contribution < 1.29 is 4.79 Å². The van der Waals surface area contributed by atoms with E-state index in [1.165, 1.54) is 25.7 Å². The third-order valence-corrected chi connectivity index (χ3v) is 3.18. The smallest absolute Gasteiger partial charge is 0.139 e. The van der Waals surface area contributed by atoms with Crippen molar-refractivity contribution in [3.63, 3.8) is 0 Å². The van der Waals surface area contributed by atoms with Crippen molar-refractivity contribution in [3.8, 4) is 0 Å². The molecule has 1 nitrogen and oxygen atoms in total. The van der Waals surface area contributed by atoms with Crippen molar-refractivity contribution in [1.82, 2.24) is 0 Å². The van der Waals surface area contributed by atoms with Gasteiger partial charge in [0.15, 0.2) is 0 Å². The van der Waals surface area contributed by atoms with Gasteiger partial charge in [-0.2, -0.15) is 0 Å². The number of Topliss-reactive ketones (excluding diaryl/α,β-unsaturated/α-hetero) is 1. The first-order valence-electron chi connectivity index (χ1n) is 4.33. The third kappa shape index (κ3) is 0.727. The van der Waals surface area contributed by atoms with E-state index in [4.69, 9.17) is 0 Å². The molecule has 0 heterocycles. The lowest BCUT2D eigenvalue weighted by molar-refractivity contribution is -0.126. The first-order valence-corrected chi connectivity index (χ1v) is 4.33. The molecule has 0 saturated heterocycles. The fourth-order valence-corrected chi connectivity index (χ4v) is 2.58. The van der Waals surface area contributed by atoms with E-state index in [9.17, 15) is 4.79 Å². The van der Waals surface area contributed by atoms with Gasteiger partial charge in [-0.15, -0.1) is 0 Å². The zero-order chi connectivity index (χ0) is 7.14. The predicted molar refractivity (Wildman–Crippen MR) is 39.6 cm³/mol. The number of carbonyl (C=O) groups excluding carboxylic acids is 1. The van der Waals surface area contributed by atoms with E-state index in [2.05, 4.69) is 6.92 Å². The molecular weight excluding hydrogens is 124 g/mol. The largest absolute Gasteiger partial charge is 0.299 e. The van der Waals surface area contributed by atoms with Crippen LogP contribution in [0, 0.1) is 17.8 Å². The van der Waals surface area contributed by atoms with E-state index >= 15 is 0 Å². The van der Waals surface area contributed by atoms with Crippen LogP contribution in [0.1, 0.15) is 32.6 Å². The second-order valence-electron chi connectivity index (χ2n) is 3.85. The van der Waals surface area contributed by atoms with Gasteiger partial charge < -0.3 is 0 Å². The number of carbonyl (C=O) groups is 1. The van der Waals surface area contributed by atoms with Crippen LogP contribution < -0.4 is 0 Å². The van der Waals surface area contributed by atoms with E-state index in [0.29, 0.717) is 23.5 Å². The van der Waals surface area contributed by atoms with Gasteiger partial charge in [-0.25, -0.2) is 0 Å². The quantitative estimate of drug-likeness (QED) is 0.500. The van der Waals surface area contributed by atoms with Crippen LogP contribution in [0.15, 0.2) is 0 Å². The Kier molecular flexibility index (Phi) is 1.33. The highest BCUT2D eigenvalue weighted by molar-refractivity contribution is 5.86. The average Bonchev–Trinajstić information content (AvgIpc) is 2.16. The zero-order valence-corrected chi connectivity index (χ0v) is 6.47. The zero-order valence-electron chi connectivity index (χ0n) is 6.47. The van der Waals surface area contributed by atoms with Crippen LogP contribution in [0.25, 0.3) is 0 Å². The summed E-state index contributed by atoms with van der Waals surface area (Å²) in [5.41, 5.74) is 0. The van der Waals surface area contributed by atoms with Gasteiger partial charge in [-0.3, -0.25) is 4.79 Å². The predicted octanol–water partition coefficient (Wildman–Crippen LogP) is 2.01. The standard InChI is InChI=1S/C9H14O/c1-6-5-7-3-2-4-8(6)9(7)10/h6-8H,2-5H2,1H3/t6-,7+,8-/m0/s1. The van der Waals surface area contributed by atoms with Crippen molar-refractivity contribution >= 4 is 5.78 Å². The molecule has 3 atom stereocenters. The van der Waals surface area contributed by atoms with Crippen LogP contribution in [0.3, 0.4) is 0 Å². The third-order valence-electron chi connectivity index (χ3n) is 3.18. The first-order chi connectivity index (χ1) is 4.79. The molecule has 0 aromatic carbocycles. The molecule has 0 radical (unpaired) electrons. The Bertz CT molecular complexity index is 162. The number of ketones is 1. The molecule has 0 amide bonds. The van der Waals surface area contributed by atoms with Gasteiger partial charge >= 0.3 is 0 Å². The second-order valence-corrected chi connectivity index (χ2v) is 3.85. The Labute approximate surface area is 61.8 Å². The monoisotopic (exact) mass is 138 g/mol. The molecule has 1 heteroatoms. The van der Waals surface area contributed by atoms with Crippen LogP contribution in [0.2, 0.25) is 0 Å². The summed E-state index contributed by atoms with van der Waals surface area (Å²) in [4.78, 5) is 11.4. The molecule has 10 heavy (non-hydrogen) atoms. The van der Waals surface area contributed by atoms with Crippen molar-refractivity contribution in [2.45, 2.75) is 32.6 Å². The van der Waals surface area contributed by atoms with Crippen molar-refractivity contribution in [2.24, 2.45) is 17.8 Å². The lowest BCUT2D eigenvalue weighted by atomic mass is 9.86. The summed E-state index contributed by atoms with van der Waals surface area (Å²) in [7, 11) is 0. The van der Waals surface area contributed by atoms with E-state index in [-0.39, 0.29) is 0 Å². The minimum atomic E-state index is 0.457. The molecule has 2 fully saturated rings. The van der Waals surface area contributed by atoms with Crippen molar-refractivity contribution in [3.05, 3.63) is 0 Å². The van der Waals surface area contributed by atoms with Crippen molar-refractivity contribution in [2.75, 3.05) is 0 Å². The number of hydrogen-bond donors (Lipinski definition) is 0. The van der Waals surface area contributed by atoms with Crippen molar-refractivity contribution in [1.29, 1.82) is 0 Å². The fourth-order valence-electron chi connectivity index (χ4n) is 2.58. The number of hydrogen-bond acceptors (Lipinski definition) is 1. The van der Waals surface area contributed by atoms with E-state index in [1.54, 1.807) is 0 Å². The summed E-state index contributed by atoms with van der Waals surface area (Å²) in [5.74, 6) is 2.20. The second kappa shape index (κ2) is 2.08. The highest BCUT2D eigenvalue weighted by atomic mass is 16.1. The summed E-state index contributed by atoms with van der Waals surface area (Å²) in [6.45, 7) is 2.23. The molecule has 2 bridgehead atoms. The lowest BCUT2D eigenvalue weighted by Gasteiger charge is -2.17. The van der Waals surface area contributed by atoms with Gasteiger partial charge in [-0.1, -0.05) is 13.3 Å². The topological polar surface area (TPSA) is 17.1 Å². The van der Waals surface area contributed by atoms with Gasteiger partial charge in [-0.05, 0) is 25.2 Å². The summed E-state index contributed by atoms with van der Waals surface area (Å²) >= 11 is 0. The van der Waals surface area contributed by atoms with Crippen LogP contribution in [0.4, 0.5) is 0 Å². The van der Waals surface area contributed by atoms with Crippen LogP contribution in [-0.4, -0.2) is 5.78 Å². The molecule has 2 rings (SSSR count). The maximum absolute atomic E-state index is 11.4. The van der Waals surface area contributed by atoms with Gasteiger partial charge in [0.25, 0.3) is 0 Å². The average molecular weight is 138 g/mol. The van der Waals surface area contributed by atoms with E-state index < -0.39 is 0 Å². The Hall–Kier alpha value is -0.330. The number of rotatable bonds is 0. The van der Waals surface area contributed by atoms with E-state index in [1.807, 2.05) is 0 Å². The Morgan fingerprint density at radius 3 is 2.80 bits per heavy atom. The molecule has 56 valence electrons. The Morgan fingerprint density at radius 2 is 2.20 bits per heavy atom. The Balaban J connectivity index is 2.22. The van der Waals surface area contributed by atoms with Crippen LogP contribution >= 0.6 is 0 Å². The summed E-state index contributed by atoms with van der Waals surface area (Å²) in [6.07, 6.45) is 4.84. The summed E-state index contributed by atoms with van der Waals surface area (Å²) in [6, 6.07) is 0. The summed E-state index contributed by atoms with van der Waals surface area (Å²) < 4.78 is 0. The molecule has 2 saturated carbocycles. The molecule has 0 aromatic rings.